The van der Waals surface area contributed by atoms with Gasteiger partial charge in [0.05, 0.1) is 0 Å². The Morgan fingerprint density at radius 3 is 2.67 bits per heavy atom. The maximum absolute atomic E-state index is 4.24. The van der Waals surface area contributed by atoms with Gasteiger partial charge in [0.25, 0.3) is 0 Å². The first-order valence-corrected chi connectivity index (χ1v) is 7.68. The third-order valence-corrected chi connectivity index (χ3v) is 4.12. The van der Waals surface area contributed by atoms with Gasteiger partial charge in [-0.25, -0.2) is 0 Å². The molecule has 1 fully saturated rings. The summed E-state index contributed by atoms with van der Waals surface area (Å²) in [6, 6.07) is 4.11. The van der Waals surface area contributed by atoms with E-state index in [0.717, 1.165) is 45.7 Å². The molecule has 3 rings (SSSR count). The first-order chi connectivity index (χ1) is 10.3. The van der Waals surface area contributed by atoms with Crippen LogP contribution in [0.3, 0.4) is 0 Å². The molecule has 1 aliphatic rings. The summed E-state index contributed by atoms with van der Waals surface area (Å²) in [4.78, 5) is 9.20. The minimum Gasteiger partial charge on any atom is -0.369 e. The topological polar surface area (TPSA) is 37.2 Å². The standard InChI is InChI=1S/C16H23N5/c1-15-14-17-6-4-16(15)20-12-10-19(11-13-20)7-3-9-21-8-2-5-18-21/h2,4-6,8,14H,3,7,9-13H2,1H3. The number of anilines is 1. The van der Waals surface area contributed by atoms with E-state index in [2.05, 4.69) is 32.9 Å². The summed E-state index contributed by atoms with van der Waals surface area (Å²) in [5.74, 6) is 0. The molecule has 0 atom stereocenters. The van der Waals surface area contributed by atoms with Crippen molar-refractivity contribution in [2.45, 2.75) is 19.9 Å². The van der Waals surface area contributed by atoms with Crippen LogP contribution in [-0.2, 0) is 6.54 Å². The number of rotatable bonds is 5. The van der Waals surface area contributed by atoms with Crippen molar-refractivity contribution in [3.8, 4) is 0 Å². The van der Waals surface area contributed by atoms with Crippen LogP contribution >= 0.6 is 0 Å². The number of hydrogen-bond acceptors (Lipinski definition) is 4. The van der Waals surface area contributed by atoms with Crippen LogP contribution in [0.1, 0.15) is 12.0 Å². The highest BCUT2D eigenvalue weighted by Crippen LogP contribution is 2.19. The van der Waals surface area contributed by atoms with E-state index in [1.807, 2.05) is 35.5 Å². The van der Waals surface area contributed by atoms with Crippen molar-refractivity contribution >= 4 is 5.69 Å². The zero-order valence-electron chi connectivity index (χ0n) is 12.6. The van der Waals surface area contributed by atoms with Gasteiger partial charge in [0, 0.05) is 69.7 Å². The third kappa shape index (κ3) is 3.61. The summed E-state index contributed by atoms with van der Waals surface area (Å²) in [7, 11) is 0. The van der Waals surface area contributed by atoms with Crippen LogP contribution in [0.4, 0.5) is 5.69 Å². The molecule has 112 valence electrons. The minimum atomic E-state index is 1.01. The molecule has 0 radical (unpaired) electrons. The van der Waals surface area contributed by atoms with Crippen molar-refractivity contribution in [3.05, 3.63) is 42.5 Å². The average molecular weight is 285 g/mol. The quantitative estimate of drug-likeness (QED) is 0.839. The van der Waals surface area contributed by atoms with Crippen molar-refractivity contribution in [2.24, 2.45) is 0 Å². The Hall–Kier alpha value is -1.88. The molecule has 0 unspecified atom stereocenters. The van der Waals surface area contributed by atoms with Gasteiger partial charge in [0.15, 0.2) is 0 Å². The van der Waals surface area contributed by atoms with E-state index in [0.29, 0.717) is 0 Å². The lowest BCUT2D eigenvalue weighted by Crippen LogP contribution is -2.47. The Kier molecular flexibility index (Phi) is 4.50. The normalized spacial score (nSPS) is 16.3. The molecule has 1 aliphatic heterocycles. The van der Waals surface area contributed by atoms with Crippen LogP contribution < -0.4 is 4.90 Å². The molecule has 21 heavy (non-hydrogen) atoms. The molecular weight excluding hydrogens is 262 g/mol. The van der Waals surface area contributed by atoms with Crippen LogP contribution in [0.2, 0.25) is 0 Å². The Labute approximate surface area is 126 Å². The monoisotopic (exact) mass is 285 g/mol. The number of nitrogens with zero attached hydrogens (tertiary/aromatic N) is 5. The highest BCUT2D eigenvalue weighted by atomic mass is 15.3. The maximum Gasteiger partial charge on any atom is 0.0489 e. The molecular formula is C16H23N5. The molecule has 2 aromatic rings. The summed E-state index contributed by atoms with van der Waals surface area (Å²) < 4.78 is 2.01. The van der Waals surface area contributed by atoms with Gasteiger partial charge in [0.2, 0.25) is 0 Å². The lowest BCUT2D eigenvalue weighted by Gasteiger charge is -2.36. The molecule has 5 nitrogen and oxygen atoms in total. The summed E-state index contributed by atoms with van der Waals surface area (Å²) >= 11 is 0. The summed E-state index contributed by atoms with van der Waals surface area (Å²) in [6.07, 6.45) is 8.88. The molecule has 0 N–H and O–H groups in total. The predicted octanol–water partition coefficient (Wildman–Crippen LogP) is 1.80. The molecule has 2 aromatic heterocycles. The number of pyridine rings is 1. The second-order valence-corrected chi connectivity index (χ2v) is 5.61. The van der Waals surface area contributed by atoms with E-state index in [1.165, 1.54) is 11.3 Å². The summed E-state index contributed by atoms with van der Waals surface area (Å²) in [5.41, 5.74) is 2.60. The summed E-state index contributed by atoms with van der Waals surface area (Å²) in [6.45, 7) is 8.79. The average Bonchev–Trinajstić information content (AvgIpc) is 3.02. The Morgan fingerprint density at radius 1 is 1.10 bits per heavy atom. The smallest absolute Gasteiger partial charge is 0.0489 e. The van der Waals surface area contributed by atoms with Crippen molar-refractivity contribution in [1.29, 1.82) is 0 Å². The zero-order valence-corrected chi connectivity index (χ0v) is 12.6. The van der Waals surface area contributed by atoms with Crippen LogP contribution in [0.25, 0.3) is 0 Å². The lowest BCUT2D eigenvalue weighted by atomic mass is 10.2. The molecule has 0 spiro atoms. The second kappa shape index (κ2) is 6.72. The molecule has 0 saturated carbocycles. The SMILES string of the molecule is Cc1cnccc1N1CCN(CCCn2cccn2)CC1. The molecule has 0 aliphatic carbocycles. The molecule has 0 bridgehead atoms. The van der Waals surface area contributed by atoms with Crippen LogP contribution in [0, 0.1) is 6.92 Å². The van der Waals surface area contributed by atoms with E-state index >= 15 is 0 Å². The van der Waals surface area contributed by atoms with Gasteiger partial charge < -0.3 is 4.90 Å². The first kappa shape index (κ1) is 14.1. The number of hydrogen-bond donors (Lipinski definition) is 0. The Bertz CT molecular complexity index is 544. The van der Waals surface area contributed by atoms with E-state index in [9.17, 15) is 0 Å². The van der Waals surface area contributed by atoms with Gasteiger partial charge in [0.1, 0.15) is 0 Å². The molecule has 3 heterocycles. The van der Waals surface area contributed by atoms with Gasteiger partial charge in [-0.1, -0.05) is 0 Å². The van der Waals surface area contributed by atoms with Gasteiger partial charge >= 0.3 is 0 Å². The third-order valence-electron chi connectivity index (χ3n) is 4.12. The van der Waals surface area contributed by atoms with E-state index in [4.69, 9.17) is 0 Å². The second-order valence-electron chi connectivity index (χ2n) is 5.61. The summed E-state index contributed by atoms with van der Waals surface area (Å²) in [5, 5.41) is 4.24. The van der Waals surface area contributed by atoms with Gasteiger partial charge in [-0.2, -0.15) is 5.10 Å². The molecule has 5 heteroatoms. The Balaban J connectivity index is 1.44. The van der Waals surface area contributed by atoms with E-state index in [-0.39, 0.29) is 0 Å². The highest BCUT2D eigenvalue weighted by molar-refractivity contribution is 5.51. The zero-order chi connectivity index (χ0) is 14.5. The fraction of sp³-hybridized carbons (Fsp3) is 0.500. The van der Waals surface area contributed by atoms with Gasteiger partial charge in [-0.05, 0) is 31.0 Å². The van der Waals surface area contributed by atoms with Gasteiger partial charge in [-0.15, -0.1) is 0 Å². The van der Waals surface area contributed by atoms with E-state index in [1.54, 1.807) is 0 Å². The number of aromatic nitrogens is 3. The fourth-order valence-corrected chi connectivity index (χ4v) is 2.92. The number of aryl methyl sites for hydroxylation is 2. The predicted molar refractivity (Wildman–Crippen MR) is 84.5 cm³/mol. The van der Waals surface area contributed by atoms with Crippen molar-refractivity contribution in [1.82, 2.24) is 19.7 Å². The van der Waals surface area contributed by atoms with Gasteiger partial charge in [-0.3, -0.25) is 14.6 Å². The van der Waals surface area contributed by atoms with Crippen molar-refractivity contribution < 1.29 is 0 Å². The fourth-order valence-electron chi connectivity index (χ4n) is 2.92. The van der Waals surface area contributed by atoms with Crippen molar-refractivity contribution in [3.63, 3.8) is 0 Å². The van der Waals surface area contributed by atoms with Crippen molar-refractivity contribution in [2.75, 3.05) is 37.6 Å². The largest absolute Gasteiger partial charge is 0.369 e. The van der Waals surface area contributed by atoms with E-state index < -0.39 is 0 Å². The maximum atomic E-state index is 4.24. The number of piperazine rings is 1. The highest BCUT2D eigenvalue weighted by Gasteiger charge is 2.17. The first-order valence-electron chi connectivity index (χ1n) is 7.68. The molecule has 1 saturated heterocycles. The van der Waals surface area contributed by atoms with Crippen LogP contribution in [0.5, 0.6) is 0 Å². The minimum absolute atomic E-state index is 1.01. The molecule has 0 aromatic carbocycles. The lowest BCUT2D eigenvalue weighted by molar-refractivity contribution is 0.249. The van der Waals surface area contributed by atoms with Crippen LogP contribution in [0.15, 0.2) is 36.9 Å². The Morgan fingerprint density at radius 2 is 1.95 bits per heavy atom. The molecule has 0 amide bonds. The van der Waals surface area contributed by atoms with Crippen LogP contribution in [-0.4, -0.2) is 52.4 Å².